The molecular formula is C16H26N2O. The zero-order chi connectivity index (χ0) is 13.9. The number of aryl methyl sites for hydroxylation is 1. The van der Waals surface area contributed by atoms with E-state index in [-0.39, 0.29) is 11.1 Å². The van der Waals surface area contributed by atoms with Crippen molar-refractivity contribution in [1.82, 2.24) is 10.3 Å². The number of pyridine rings is 1. The number of hydrogen-bond donors (Lipinski definition) is 1. The van der Waals surface area contributed by atoms with Gasteiger partial charge in [-0.3, -0.25) is 4.98 Å². The predicted molar refractivity (Wildman–Crippen MR) is 78.6 cm³/mol. The van der Waals surface area contributed by atoms with Crippen LogP contribution >= 0.6 is 0 Å². The van der Waals surface area contributed by atoms with E-state index in [9.17, 15) is 0 Å². The van der Waals surface area contributed by atoms with Crippen LogP contribution in [0.25, 0.3) is 0 Å². The van der Waals surface area contributed by atoms with Gasteiger partial charge in [-0.15, -0.1) is 0 Å². The first-order valence-electron chi connectivity index (χ1n) is 7.25. The van der Waals surface area contributed by atoms with Gasteiger partial charge in [-0.1, -0.05) is 0 Å². The first-order valence-corrected chi connectivity index (χ1v) is 7.25. The second-order valence-electron chi connectivity index (χ2n) is 6.70. The molecule has 2 rings (SSSR count). The summed E-state index contributed by atoms with van der Waals surface area (Å²) in [5, 5.41) is 3.55. The maximum absolute atomic E-state index is 6.21. The van der Waals surface area contributed by atoms with Gasteiger partial charge in [0.1, 0.15) is 11.4 Å². The second-order valence-corrected chi connectivity index (χ2v) is 6.70. The fourth-order valence-electron chi connectivity index (χ4n) is 2.40. The van der Waals surface area contributed by atoms with Crippen molar-refractivity contribution in [3.63, 3.8) is 0 Å². The van der Waals surface area contributed by atoms with Crippen LogP contribution in [0.3, 0.4) is 0 Å². The Morgan fingerprint density at radius 2 is 2.05 bits per heavy atom. The molecule has 106 valence electrons. The molecule has 0 aliphatic heterocycles. The highest BCUT2D eigenvalue weighted by atomic mass is 16.5. The van der Waals surface area contributed by atoms with Crippen molar-refractivity contribution >= 4 is 0 Å². The van der Waals surface area contributed by atoms with Gasteiger partial charge < -0.3 is 10.1 Å². The van der Waals surface area contributed by atoms with Gasteiger partial charge in [0.25, 0.3) is 0 Å². The maximum atomic E-state index is 6.21. The van der Waals surface area contributed by atoms with Gasteiger partial charge >= 0.3 is 0 Å². The van der Waals surface area contributed by atoms with Gasteiger partial charge in [0, 0.05) is 11.2 Å². The van der Waals surface area contributed by atoms with Gasteiger partial charge in [0.15, 0.2) is 0 Å². The molecule has 1 aromatic heterocycles. The molecule has 1 saturated carbocycles. The molecule has 0 atom stereocenters. The maximum Gasteiger partial charge on any atom is 0.138 e. The lowest BCUT2D eigenvalue weighted by atomic mass is 9.77. The Morgan fingerprint density at radius 3 is 2.53 bits per heavy atom. The third-order valence-corrected chi connectivity index (χ3v) is 3.72. The average Bonchev–Trinajstić information content (AvgIpc) is 2.27. The molecular weight excluding hydrogens is 236 g/mol. The van der Waals surface area contributed by atoms with Crippen molar-refractivity contribution in [3.8, 4) is 5.75 Å². The second kappa shape index (κ2) is 5.49. The van der Waals surface area contributed by atoms with Crippen molar-refractivity contribution in [2.45, 2.75) is 64.5 Å². The van der Waals surface area contributed by atoms with Crippen LogP contribution in [0.4, 0.5) is 0 Å². The number of aromatic nitrogens is 1. The van der Waals surface area contributed by atoms with Crippen molar-refractivity contribution in [3.05, 3.63) is 24.0 Å². The van der Waals surface area contributed by atoms with E-state index in [2.05, 4.69) is 31.1 Å². The molecule has 1 aromatic rings. The van der Waals surface area contributed by atoms with E-state index in [1.165, 1.54) is 6.42 Å². The lowest BCUT2D eigenvalue weighted by Crippen LogP contribution is -2.47. The Hall–Kier alpha value is -1.09. The number of hydrogen-bond acceptors (Lipinski definition) is 3. The van der Waals surface area contributed by atoms with E-state index < -0.39 is 0 Å². The van der Waals surface area contributed by atoms with E-state index in [1.54, 1.807) is 0 Å². The van der Waals surface area contributed by atoms with Gasteiger partial charge in [-0.05, 0) is 72.1 Å². The van der Waals surface area contributed by atoms with Crippen LogP contribution in [0.1, 0.15) is 52.1 Å². The summed E-state index contributed by atoms with van der Waals surface area (Å²) in [4.78, 5) is 4.30. The van der Waals surface area contributed by atoms with Crippen molar-refractivity contribution in [1.29, 1.82) is 0 Å². The fraction of sp³-hybridized carbons (Fsp3) is 0.688. The number of nitrogens with zero attached hydrogens (tertiary/aromatic N) is 1. The highest BCUT2D eigenvalue weighted by Gasteiger charge is 2.39. The van der Waals surface area contributed by atoms with Crippen molar-refractivity contribution in [2.75, 3.05) is 6.54 Å². The molecule has 0 saturated heterocycles. The standard InChI is InChI=1S/C16H26N2O/c1-13-6-7-14(12-17-13)19-16(8-5-9-16)10-11-18-15(2,3)4/h6-7,12,18H,5,8-11H2,1-4H3. The molecule has 3 nitrogen and oxygen atoms in total. The Bertz CT molecular complexity index is 402. The van der Waals surface area contributed by atoms with Gasteiger partial charge in [0.2, 0.25) is 0 Å². The van der Waals surface area contributed by atoms with E-state index in [4.69, 9.17) is 4.74 Å². The van der Waals surface area contributed by atoms with Crippen molar-refractivity contribution < 1.29 is 4.74 Å². The minimum atomic E-state index is 0.0369. The van der Waals surface area contributed by atoms with E-state index in [1.807, 2.05) is 25.3 Å². The highest BCUT2D eigenvalue weighted by Crippen LogP contribution is 2.39. The van der Waals surface area contributed by atoms with E-state index in [0.717, 1.165) is 37.3 Å². The van der Waals surface area contributed by atoms with Crippen LogP contribution in [0.15, 0.2) is 18.3 Å². The molecule has 0 unspecified atom stereocenters. The summed E-state index contributed by atoms with van der Waals surface area (Å²) in [6, 6.07) is 4.04. The molecule has 1 heterocycles. The monoisotopic (exact) mass is 262 g/mol. The molecule has 0 amide bonds. The minimum Gasteiger partial charge on any atom is -0.486 e. The molecule has 0 spiro atoms. The largest absolute Gasteiger partial charge is 0.486 e. The fourth-order valence-corrected chi connectivity index (χ4v) is 2.40. The quantitative estimate of drug-likeness (QED) is 0.882. The first kappa shape index (κ1) is 14.3. The summed E-state index contributed by atoms with van der Waals surface area (Å²) in [6.45, 7) is 9.60. The molecule has 1 fully saturated rings. The normalized spacial score (nSPS) is 17.9. The number of rotatable bonds is 5. The van der Waals surface area contributed by atoms with Crippen LogP contribution in [0, 0.1) is 6.92 Å². The minimum absolute atomic E-state index is 0.0369. The third-order valence-electron chi connectivity index (χ3n) is 3.72. The molecule has 3 heteroatoms. The third kappa shape index (κ3) is 4.20. The lowest BCUT2D eigenvalue weighted by molar-refractivity contribution is -0.0155. The summed E-state index contributed by atoms with van der Waals surface area (Å²) in [5.41, 5.74) is 1.25. The Balaban J connectivity index is 1.89. The Labute approximate surface area is 116 Å². The molecule has 0 aromatic carbocycles. The van der Waals surface area contributed by atoms with Crippen molar-refractivity contribution in [2.24, 2.45) is 0 Å². The molecule has 0 radical (unpaired) electrons. The Morgan fingerprint density at radius 1 is 1.32 bits per heavy atom. The van der Waals surface area contributed by atoms with Crippen LogP contribution < -0.4 is 10.1 Å². The van der Waals surface area contributed by atoms with E-state index >= 15 is 0 Å². The van der Waals surface area contributed by atoms with Gasteiger partial charge in [-0.2, -0.15) is 0 Å². The Kier molecular flexibility index (Phi) is 4.14. The SMILES string of the molecule is Cc1ccc(OC2(CCNC(C)(C)C)CCC2)cn1. The predicted octanol–water partition coefficient (Wildman–Crippen LogP) is 3.47. The molecule has 1 aliphatic rings. The average molecular weight is 262 g/mol. The van der Waals surface area contributed by atoms with Crippen LogP contribution in [0.5, 0.6) is 5.75 Å². The lowest BCUT2D eigenvalue weighted by Gasteiger charge is -2.42. The summed E-state index contributed by atoms with van der Waals surface area (Å²) < 4.78 is 6.21. The van der Waals surface area contributed by atoms with Crippen LogP contribution in [0.2, 0.25) is 0 Å². The zero-order valence-corrected chi connectivity index (χ0v) is 12.6. The number of nitrogens with one attached hydrogen (secondary N) is 1. The summed E-state index contributed by atoms with van der Waals surface area (Å²) >= 11 is 0. The van der Waals surface area contributed by atoms with Crippen LogP contribution in [-0.4, -0.2) is 22.7 Å². The summed E-state index contributed by atoms with van der Waals surface area (Å²) in [7, 11) is 0. The first-order chi connectivity index (χ1) is 8.89. The van der Waals surface area contributed by atoms with E-state index in [0.29, 0.717) is 0 Å². The molecule has 0 bridgehead atoms. The smallest absolute Gasteiger partial charge is 0.138 e. The van der Waals surface area contributed by atoms with Gasteiger partial charge in [0.05, 0.1) is 6.20 Å². The highest BCUT2D eigenvalue weighted by molar-refractivity contribution is 5.21. The number of ether oxygens (including phenoxy) is 1. The molecule has 19 heavy (non-hydrogen) atoms. The summed E-state index contributed by atoms with van der Waals surface area (Å²) in [6.07, 6.45) is 6.50. The van der Waals surface area contributed by atoms with Crippen LogP contribution in [-0.2, 0) is 0 Å². The topological polar surface area (TPSA) is 34.1 Å². The summed E-state index contributed by atoms with van der Waals surface area (Å²) in [5.74, 6) is 0.904. The van der Waals surface area contributed by atoms with Gasteiger partial charge in [-0.25, -0.2) is 0 Å². The molecule has 1 aliphatic carbocycles. The molecule has 1 N–H and O–H groups in total. The zero-order valence-electron chi connectivity index (χ0n) is 12.6.